The van der Waals surface area contributed by atoms with Crippen LogP contribution in [-0.2, 0) is 9.47 Å². The van der Waals surface area contributed by atoms with Gasteiger partial charge in [0.05, 0.1) is 25.7 Å². The van der Waals surface area contributed by atoms with Gasteiger partial charge >= 0.3 is 0 Å². The molecular formula is C18H34O2. The molecule has 0 saturated heterocycles. The van der Waals surface area contributed by atoms with Crippen LogP contribution in [0.15, 0.2) is 24.7 Å². The Hall–Kier alpha value is -0.920. The third-order valence-corrected chi connectivity index (χ3v) is 3.13. The molecule has 0 unspecified atom stereocenters. The zero-order valence-electron chi connectivity index (χ0n) is 13.6. The summed E-state index contributed by atoms with van der Waals surface area (Å²) in [5, 5.41) is 0. The molecule has 2 nitrogen and oxygen atoms in total. The van der Waals surface area contributed by atoms with Crippen LogP contribution in [0, 0.1) is 0 Å². The SMILES string of the molecule is CC/C=C/OCCCCCCCCCCO/C=C/CC. The number of hydrogen-bond acceptors (Lipinski definition) is 2. The van der Waals surface area contributed by atoms with E-state index in [1.165, 1.54) is 51.4 Å². The third-order valence-electron chi connectivity index (χ3n) is 3.13. The molecule has 0 rings (SSSR count). The number of rotatable bonds is 15. The Labute approximate surface area is 126 Å². The maximum absolute atomic E-state index is 5.37. The highest BCUT2D eigenvalue weighted by Gasteiger charge is 1.92. The normalized spacial score (nSPS) is 11.5. The lowest BCUT2D eigenvalue weighted by Gasteiger charge is -2.03. The van der Waals surface area contributed by atoms with E-state index in [1.54, 1.807) is 0 Å². The second-order valence-electron chi connectivity index (χ2n) is 5.13. The molecule has 0 amide bonds. The van der Waals surface area contributed by atoms with E-state index in [4.69, 9.17) is 9.47 Å². The van der Waals surface area contributed by atoms with Crippen molar-refractivity contribution in [1.29, 1.82) is 0 Å². The fraction of sp³-hybridized carbons (Fsp3) is 0.778. The lowest BCUT2D eigenvalue weighted by molar-refractivity contribution is 0.237. The Kier molecular flexibility index (Phi) is 17.2. The summed E-state index contributed by atoms with van der Waals surface area (Å²) in [4.78, 5) is 0. The molecule has 0 aliphatic carbocycles. The van der Waals surface area contributed by atoms with E-state index in [0.717, 1.165) is 26.1 Å². The molecule has 0 heterocycles. The van der Waals surface area contributed by atoms with Gasteiger partial charge in [-0.3, -0.25) is 0 Å². The molecule has 0 aromatic heterocycles. The summed E-state index contributed by atoms with van der Waals surface area (Å²) in [5.41, 5.74) is 0. The number of hydrogen-bond donors (Lipinski definition) is 0. The van der Waals surface area contributed by atoms with Gasteiger partial charge in [0.15, 0.2) is 0 Å². The topological polar surface area (TPSA) is 18.5 Å². The summed E-state index contributed by atoms with van der Waals surface area (Å²) in [5.74, 6) is 0. The van der Waals surface area contributed by atoms with Crippen LogP contribution in [-0.4, -0.2) is 13.2 Å². The van der Waals surface area contributed by atoms with Gasteiger partial charge in [0, 0.05) is 0 Å². The van der Waals surface area contributed by atoms with E-state index in [-0.39, 0.29) is 0 Å². The summed E-state index contributed by atoms with van der Waals surface area (Å²) >= 11 is 0. The quantitative estimate of drug-likeness (QED) is 0.271. The highest BCUT2D eigenvalue weighted by atomic mass is 16.5. The van der Waals surface area contributed by atoms with E-state index >= 15 is 0 Å². The monoisotopic (exact) mass is 282 g/mol. The molecule has 118 valence electrons. The van der Waals surface area contributed by atoms with E-state index in [9.17, 15) is 0 Å². The summed E-state index contributed by atoms with van der Waals surface area (Å²) in [7, 11) is 0. The van der Waals surface area contributed by atoms with Crippen LogP contribution in [0.3, 0.4) is 0 Å². The van der Waals surface area contributed by atoms with Crippen LogP contribution < -0.4 is 0 Å². The first-order valence-corrected chi connectivity index (χ1v) is 8.45. The van der Waals surface area contributed by atoms with Crippen molar-refractivity contribution in [2.45, 2.75) is 78.1 Å². The molecule has 2 heteroatoms. The molecule has 20 heavy (non-hydrogen) atoms. The van der Waals surface area contributed by atoms with Crippen LogP contribution in [0.4, 0.5) is 0 Å². The van der Waals surface area contributed by atoms with Gasteiger partial charge in [-0.05, 0) is 25.7 Å². The van der Waals surface area contributed by atoms with Gasteiger partial charge in [0.1, 0.15) is 0 Å². The first-order chi connectivity index (χ1) is 9.91. The van der Waals surface area contributed by atoms with Crippen molar-refractivity contribution in [2.75, 3.05) is 13.2 Å². The van der Waals surface area contributed by atoms with Crippen molar-refractivity contribution in [3.8, 4) is 0 Å². The lowest BCUT2D eigenvalue weighted by Crippen LogP contribution is -1.89. The second kappa shape index (κ2) is 18.1. The minimum Gasteiger partial charge on any atom is -0.502 e. The first kappa shape index (κ1) is 19.1. The van der Waals surface area contributed by atoms with Crippen molar-refractivity contribution in [3.05, 3.63) is 24.7 Å². The van der Waals surface area contributed by atoms with E-state index in [0.29, 0.717) is 0 Å². The molecule has 0 aliphatic rings. The van der Waals surface area contributed by atoms with Gasteiger partial charge in [-0.1, -0.05) is 64.5 Å². The molecule has 0 radical (unpaired) electrons. The summed E-state index contributed by atoms with van der Waals surface area (Å²) < 4.78 is 10.7. The Morgan fingerprint density at radius 2 is 0.900 bits per heavy atom. The average Bonchev–Trinajstić information content (AvgIpc) is 2.47. The highest BCUT2D eigenvalue weighted by Crippen LogP contribution is 2.08. The molecule has 0 aliphatic heterocycles. The van der Waals surface area contributed by atoms with Crippen LogP contribution in [0.1, 0.15) is 78.1 Å². The van der Waals surface area contributed by atoms with E-state index in [2.05, 4.69) is 26.0 Å². The van der Waals surface area contributed by atoms with Gasteiger partial charge in [-0.25, -0.2) is 0 Å². The van der Waals surface area contributed by atoms with Crippen LogP contribution in [0.2, 0.25) is 0 Å². The smallest absolute Gasteiger partial charge is 0.0873 e. The third kappa shape index (κ3) is 17.1. The molecule has 0 fully saturated rings. The Morgan fingerprint density at radius 3 is 1.25 bits per heavy atom. The molecule has 0 aromatic carbocycles. The largest absolute Gasteiger partial charge is 0.502 e. The van der Waals surface area contributed by atoms with Crippen LogP contribution >= 0.6 is 0 Å². The van der Waals surface area contributed by atoms with Crippen molar-refractivity contribution in [3.63, 3.8) is 0 Å². The first-order valence-electron chi connectivity index (χ1n) is 8.45. The molecule has 0 saturated carbocycles. The number of ether oxygens (including phenoxy) is 2. The van der Waals surface area contributed by atoms with Gasteiger partial charge in [-0.15, -0.1) is 0 Å². The number of unbranched alkanes of at least 4 members (excludes halogenated alkanes) is 7. The second-order valence-corrected chi connectivity index (χ2v) is 5.13. The van der Waals surface area contributed by atoms with Crippen molar-refractivity contribution >= 4 is 0 Å². The van der Waals surface area contributed by atoms with Crippen LogP contribution in [0.25, 0.3) is 0 Å². The van der Waals surface area contributed by atoms with Gasteiger partial charge in [0.2, 0.25) is 0 Å². The zero-order chi connectivity index (χ0) is 14.7. The summed E-state index contributed by atoms with van der Waals surface area (Å²) in [6, 6.07) is 0. The summed E-state index contributed by atoms with van der Waals surface area (Å²) in [6.45, 7) is 5.99. The van der Waals surface area contributed by atoms with Gasteiger partial charge < -0.3 is 9.47 Å². The minimum atomic E-state index is 0.874. The summed E-state index contributed by atoms with van der Waals surface area (Å²) in [6.07, 6.45) is 20.3. The molecule has 0 bridgehead atoms. The van der Waals surface area contributed by atoms with Gasteiger partial charge in [0.25, 0.3) is 0 Å². The van der Waals surface area contributed by atoms with Gasteiger partial charge in [-0.2, -0.15) is 0 Å². The Bertz CT molecular complexity index is 197. The minimum absolute atomic E-state index is 0.874. The fourth-order valence-electron chi connectivity index (χ4n) is 1.90. The number of allylic oxidation sites excluding steroid dienone is 2. The van der Waals surface area contributed by atoms with Crippen molar-refractivity contribution < 1.29 is 9.47 Å². The predicted molar refractivity (Wildman–Crippen MR) is 87.7 cm³/mol. The molecule has 0 N–H and O–H groups in total. The average molecular weight is 282 g/mol. The van der Waals surface area contributed by atoms with E-state index in [1.807, 2.05) is 12.5 Å². The molecule has 0 atom stereocenters. The Balaban J connectivity index is 2.99. The molecule has 0 aromatic rings. The lowest BCUT2D eigenvalue weighted by atomic mass is 10.1. The molecular weight excluding hydrogens is 248 g/mol. The standard InChI is InChI=1S/C18H34O2/c1-3-5-15-19-17-13-11-9-7-8-10-12-14-18-20-16-6-4-2/h5-6,15-16H,3-4,7-14,17-18H2,1-2H3/b15-5+,16-6+. The molecule has 0 spiro atoms. The highest BCUT2D eigenvalue weighted by molar-refractivity contribution is 4.70. The van der Waals surface area contributed by atoms with E-state index < -0.39 is 0 Å². The van der Waals surface area contributed by atoms with Crippen molar-refractivity contribution in [2.24, 2.45) is 0 Å². The maximum Gasteiger partial charge on any atom is 0.0873 e. The van der Waals surface area contributed by atoms with Crippen molar-refractivity contribution in [1.82, 2.24) is 0 Å². The Morgan fingerprint density at radius 1 is 0.550 bits per heavy atom. The predicted octanol–water partition coefficient (Wildman–Crippen LogP) is 5.99. The van der Waals surface area contributed by atoms with Crippen LogP contribution in [0.5, 0.6) is 0 Å². The maximum atomic E-state index is 5.37. The zero-order valence-corrected chi connectivity index (χ0v) is 13.6. The fourth-order valence-corrected chi connectivity index (χ4v) is 1.90.